The zero-order chi connectivity index (χ0) is 22.5. The fourth-order valence-electron chi connectivity index (χ4n) is 3.58. The molecule has 0 saturated heterocycles. The molecule has 1 aromatic carbocycles. The highest BCUT2D eigenvalue weighted by atomic mass is 19.3. The van der Waals surface area contributed by atoms with E-state index in [2.05, 4.69) is 10.4 Å². The molecule has 0 atom stereocenters. The van der Waals surface area contributed by atoms with Gasteiger partial charge in [-0.25, -0.2) is 26.6 Å². The van der Waals surface area contributed by atoms with Crippen LogP contribution in [0.25, 0.3) is 10.8 Å². The Morgan fingerprint density at radius 1 is 1.16 bits per heavy atom. The summed E-state index contributed by atoms with van der Waals surface area (Å²) in [6.45, 7) is -0.258. The number of hydrogen-bond donors (Lipinski definition) is 1. The summed E-state index contributed by atoms with van der Waals surface area (Å²) in [5, 5.41) is 6.86. The van der Waals surface area contributed by atoms with Crippen molar-refractivity contribution in [2.45, 2.75) is 37.8 Å². The van der Waals surface area contributed by atoms with Crippen LogP contribution in [0.1, 0.15) is 30.4 Å². The maximum atomic E-state index is 14.3. The van der Waals surface area contributed by atoms with Crippen LogP contribution in [0.5, 0.6) is 0 Å². The number of hydrogen-bond acceptors (Lipinski definition) is 4. The van der Waals surface area contributed by atoms with E-state index in [1.807, 2.05) is 0 Å². The molecule has 0 radical (unpaired) electrons. The number of nitrogens with zero attached hydrogens (tertiary/aromatic N) is 3. The lowest BCUT2D eigenvalue weighted by molar-refractivity contribution is 0.0654. The van der Waals surface area contributed by atoms with Crippen molar-refractivity contribution in [1.82, 2.24) is 14.3 Å². The fraction of sp³-hybridized carbons (Fsp3) is 0.350. The zero-order valence-electron chi connectivity index (χ0n) is 16.2. The minimum atomic E-state index is -2.99. The first-order chi connectivity index (χ1) is 14.7. The summed E-state index contributed by atoms with van der Waals surface area (Å²) in [6.07, 6.45) is -4.38. The number of nitrogens with one attached hydrogen (secondary N) is 1. The zero-order valence-corrected chi connectivity index (χ0v) is 16.2. The van der Waals surface area contributed by atoms with Crippen LogP contribution in [0.2, 0.25) is 0 Å². The van der Waals surface area contributed by atoms with E-state index >= 15 is 0 Å². The number of benzene rings is 1. The second kappa shape index (κ2) is 7.47. The lowest BCUT2D eigenvalue weighted by Gasteiger charge is -2.19. The Morgan fingerprint density at radius 2 is 1.87 bits per heavy atom. The van der Waals surface area contributed by atoms with Crippen LogP contribution in [0.3, 0.4) is 0 Å². The first kappa shape index (κ1) is 21.0. The summed E-state index contributed by atoms with van der Waals surface area (Å²) in [4.78, 5) is 24.9. The van der Waals surface area contributed by atoms with Gasteiger partial charge in [0.05, 0.1) is 10.9 Å². The van der Waals surface area contributed by atoms with Crippen LogP contribution in [0.15, 0.2) is 40.1 Å². The third kappa shape index (κ3) is 3.47. The number of halogens is 5. The third-order valence-corrected chi connectivity index (χ3v) is 5.52. The Morgan fingerprint density at radius 3 is 2.48 bits per heavy atom. The maximum Gasteiger partial charge on any atom is 0.274 e. The first-order valence-corrected chi connectivity index (χ1v) is 9.37. The van der Waals surface area contributed by atoms with Gasteiger partial charge in [0.25, 0.3) is 24.0 Å². The Balaban J connectivity index is 1.80. The van der Waals surface area contributed by atoms with Gasteiger partial charge in [0.1, 0.15) is 11.4 Å². The quantitative estimate of drug-likeness (QED) is 0.596. The highest BCUT2D eigenvalue weighted by Crippen LogP contribution is 2.48. The summed E-state index contributed by atoms with van der Waals surface area (Å²) < 4.78 is 69.1. The average Bonchev–Trinajstić information content (AvgIpc) is 3.52. The number of anilines is 1. The highest BCUT2D eigenvalue weighted by molar-refractivity contribution is 5.90. The summed E-state index contributed by atoms with van der Waals surface area (Å²) in [6, 6.07) is 4.54. The van der Waals surface area contributed by atoms with Crippen molar-refractivity contribution in [3.63, 3.8) is 0 Å². The molecule has 2 heterocycles. The van der Waals surface area contributed by atoms with Gasteiger partial charge in [-0.1, -0.05) is 18.2 Å². The Kier molecular flexibility index (Phi) is 5.06. The predicted octanol–water partition coefficient (Wildman–Crippen LogP) is 3.54. The molecule has 0 amide bonds. The van der Waals surface area contributed by atoms with Crippen LogP contribution < -0.4 is 16.4 Å². The van der Waals surface area contributed by atoms with E-state index in [4.69, 9.17) is 0 Å². The van der Waals surface area contributed by atoms with E-state index in [0.29, 0.717) is 0 Å². The van der Waals surface area contributed by atoms with Crippen LogP contribution in [0.4, 0.5) is 27.8 Å². The van der Waals surface area contributed by atoms with Gasteiger partial charge < -0.3 is 9.88 Å². The van der Waals surface area contributed by atoms with Crippen LogP contribution >= 0.6 is 0 Å². The van der Waals surface area contributed by atoms with E-state index in [9.17, 15) is 31.5 Å². The van der Waals surface area contributed by atoms with Gasteiger partial charge in [-0.15, -0.1) is 0 Å². The van der Waals surface area contributed by atoms with Gasteiger partial charge >= 0.3 is 0 Å². The maximum absolute atomic E-state index is 14.3. The highest BCUT2D eigenvalue weighted by Gasteiger charge is 2.53. The number of fused-ring (bicyclic) bond motifs is 1. The van der Waals surface area contributed by atoms with Gasteiger partial charge in [0.15, 0.2) is 5.82 Å². The summed E-state index contributed by atoms with van der Waals surface area (Å²) >= 11 is 0. The average molecular weight is 440 g/mol. The standard InChI is InChI=1S/C20H17F5N4O2/c1-28-18(31)12-7-14(30)29(20(5-6-20)19(24)25)9-13(12)17(27-28)26-8-10-3-2-4-11(15(10)21)16(22)23/h2-4,7,9,16,19H,5-6,8H2,1H3,(H,26,27). The number of rotatable bonds is 6. The Hall–Kier alpha value is -3.24. The monoisotopic (exact) mass is 440 g/mol. The molecular formula is C20H17F5N4O2. The fourth-order valence-corrected chi connectivity index (χ4v) is 3.58. The smallest absolute Gasteiger partial charge is 0.274 e. The van der Waals surface area contributed by atoms with E-state index in [-0.39, 0.29) is 41.5 Å². The molecule has 3 aromatic rings. The minimum Gasteiger partial charge on any atom is -0.364 e. The largest absolute Gasteiger partial charge is 0.364 e. The molecule has 31 heavy (non-hydrogen) atoms. The normalized spacial score (nSPS) is 15.1. The number of aryl methyl sites for hydroxylation is 1. The molecule has 6 nitrogen and oxygen atoms in total. The van der Waals surface area contributed by atoms with E-state index in [1.54, 1.807) is 0 Å². The summed E-state index contributed by atoms with van der Waals surface area (Å²) in [5.41, 5.74) is -3.80. The third-order valence-electron chi connectivity index (χ3n) is 5.52. The van der Waals surface area contributed by atoms with Crippen molar-refractivity contribution in [2.75, 3.05) is 5.32 Å². The molecule has 1 N–H and O–H groups in total. The number of alkyl halides is 4. The van der Waals surface area contributed by atoms with Crippen molar-refractivity contribution in [3.8, 4) is 0 Å². The second-order valence-electron chi connectivity index (χ2n) is 7.47. The molecule has 0 bridgehead atoms. The molecule has 0 unspecified atom stereocenters. The van der Waals surface area contributed by atoms with Crippen LogP contribution in [-0.2, 0) is 19.1 Å². The lowest BCUT2D eigenvalue weighted by Crippen LogP contribution is -2.36. The van der Waals surface area contributed by atoms with Crippen LogP contribution in [-0.4, -0.2) is 20.8 Å². The van der Waals surface area contributed by atoms with Gasteiger partial charge in [-0.05, 0) is 12.8 Å². The van der Waals surface area contributed by atoms with Crippen molar-refractivity contribution < 1.29 is 22.0 Å². The summed E-state index contributed by atoms with van der Waals surface area (Å²) in [5.74, 6) is -1.05. The van der Waals surface area contributed by atoms with Gasteiger partial charge in [-0.2, -0.15) is 5.10 Å². The summed E-state index contributed by atoms with van der Waals surface area (Å²) in [7, 11) is 1.33. The molecule has 2 aromatic heterocycles. The molecule has 1 fully saturated rings. The van der Waals surface area contributed by atoms with Crippen LogP contribution in [0, 0.1) is 5.82 Å². The van der Waals surface area contributed by atoms with E-state index in [1.165, 1.54) is 19.2 Å². The Labute approximate surface area is 171 Å². The molecule has 4 rings (SSSR count). The van der Waals surface area contributed by atoms with Crippen molar-refractivity contribution in [2.24, 2.45) is 7.05 Å². The lowest BCUT2D eigenvalue weighted by atomic mass is 10.1. The van der Waals surface area contributed by atoms with E-state index < -0.39 is 40.9 Å². The molecular weight excluding hydrogens is 423 g/mol. The van der Waals surface area contributed by atoms with Gasteiger partial charge in [-0.3, -0.25) is 9.59 Å². The molecule has 1 saturated carbocycles. The van der Waals surface area contributed by atoms with Crippen molar-refractivity contribution in [3.05, 3.63) is 68.1 Å². The Bertz CT molecular complexity index is 1280. The molecule has 0 aliphatic heterocycles. The molecule has 0 spiro atoms. The molecule has 164 valence electrons. The molecule has 11 heteroatoms. The topological polar surface area (TPSA) is 68.9 Å². The SMILES string of the molecule is Cn1nc(NCc2cccc(C(F)F)c2F)c2cn(C3(C(F)F)CC3)c(=O)cc2c1=O. The van der Waals surface area contributed by atoms with Gasteiger partial charge in [0.2, 0.25) is 0 Å². The minimum absolute atomic E-state index is 0.0257. The van der Waals surface area contributed by atoms with E-state index in [0.717, 1.165) is 27.6 Å². The number of pyridine rings is 1. The predicted molar refractivity (Wildman–Crippen MR) is 103 cm³/mol. The van der Waals surface area contributed by atoms with Crippen molar-refractivity contribution in [1.29, 1.82) is 0 Å². The van der Waals surface area contributed by atoms with Gasteiger partial charge in [0, 0.05) is 36.8 Å². The second-order valence-corrected chi connectivity index (χ2v) is 7.47. The first-order valence-electron chi connectivity index (χ1n) is 9.37. The molecule has 1 aliphatic rings. The number of aromatic nitrogens is 3. The molecule has 1 aliphatic carbocycles. The van der Waals surface area contributed by atoms with Crippen molar-refractivity contribution >= 4 is 16.6 Å².